The molecule has 1 aliphatic rings. The van der Waals surface area contributed by atoms with E-state index in [2.05, 4.69) is 0 Å². The summed E-state index contributed by atoms with van der Waals surface area (Å²) >= 11 is 0. The van der Waals surface area contributed by atoms with Crippen molar-refractivity contribution in [2.75, 3.05) is 11.5 Å². The summed E-state index contributed by atoms with van der Waals surface area (Å²) in [5.41, 5.74) is 5.51. The number of imide groups is 1. The predicted octanol–water partition coefficient (Wildman–Crippen LogP) is 0.695. The number of amides is 3. The summed E-state index contributed by atoms with van der Waals surface area (Å²) in [7, 11) is 0. The first kappa shape index (κ1) is 9.51. The zero-order valence-corrected chi connectivity index (χ0v) is 7.84. The van der Waals surface area contributed by atoms with Crippen LogP contribution in [0.4, 0.5) is 10.5 Å². The number of carbonyl (C=O) groups is 2. The molecule has 1 heterocycles. The van der Waals surface area contributed by atoms with Gasteiger partial charge in [0, 0.05) is 0 Å². The Balaban J connectivity index is 2.52. The van der Waals surface area contributed by atoms with Crippen LogP contribution in [0.5, 0.6) is 5.75 Å². The fourth-order valence-corrected chi connectivity index (χ4v) is 1.40. The van der Waals surface area contributed by atoms with E-state index in [-0.39, 0.29) is 6.61 Å². The number of nitrogens with zero attached hydrogens (tertiary/aromatic N) is 1. The molecule has 15 heavy (non-hydrogen) atoms. The van der Waals surface area contributed by atoms with E-state index >= 15 is 0 Å². The molecule has 2 rings (SSSR count). The standard InChI is InChI=1S/C10H9N2O3/c11-10(14)12-7-3-1-2-4-8(7)15-6-5-9(12)13/h1-5H,6H2,(H2,11,14). The van der Waals surface area contributed by atoms with Crippen LogP contribution in [-0.2, 0) is 4.79 Å². The topological polar surface area (TPSA) is 72.6 Å². The third kappa shape index (κ3) is 1.63. The second-order valence-electron chi connectivity index (χ2n) is 2.99. The lowest BCUT2D eigenvalue weighted by Crippen LogP contribution is -2.40. The number of hydrogen-bond donors (Lipinski definition) is 1. The number of para-hydroxylation sites is 2. The Bertz CT molecular complexity index is 417. The molecule has 5 heteroatoms. The Labute approximate surface area is 86.4 Å². The smallest absolute Gasteiger partial charge is 0.326 e. The van der Waals surface area contributed by atoms with Crippen molar-refractivity contribution in [3.05, 3.63) is 30.7 Å². The molecule has 0 aromatic heterocycles. The van der Waals surface area contributed by atoms with E-state index in [1.54, 1.807) is 24.3 Å². The van der Waals surface area contributed by atoms with Crippen molar-refractivity contribution in [3.63, 3.8) is 0 Å². The van der Waals surface area contributed by atoms with Crippen LogP contribution in [0.25, 0.3) is 0 Å². The first-order chi connectivity index (χ1) is 7.20. The van der Waals surface area contributed by atoms with Gasteiger partial charge in [-0.25, -0.2) is 9.69 Å². The number of primary amides is 1. The second-order valence-corrected chi connectivity index (χ2v) is 2.99. The minimum atomic E-state index is -0.811. The lowest BCUT2D eigenvalue weighted by atomic mass is 10.2. The van der Waals surface area contributed by atoms with E-state index in [1.807, 2.05) is 0 Å². The van der Waals surface area contributed by atoms with E-state index in [0.29, 0.717) is 11.4 Å². The average molecular weight is 205 g/mol. The maximum atomic E-state index is 11.5. The average Bonchev–Trinajstić information content (AvgIpc) is 2.35. The van der Waals surface area contributed by atoms with Crippen molar-refractivity contribution in [2.45, 2.75) is 0 Å². The minimum Gasteiger partial charge on any atom is -0.491 e. The van der Waals surface area contributed by atoms with Crippen molar-refractivity contribution in [1.82, 2.24) is 0 Å². The Kier molecular flexibility index (Phi) is 2.29. The zero-order chi connectivity index (χ0) is 10.8. The van der Waals surface area contributed by atoms with Gasteiger partial charge in [0.2, 0.25) is 5.91 Å². The first-order valence-corrected chi connectivity index (χ1v) is 4.38. The molecule has 0 fully saturated rings. The van der Waals surface area contributed by atoms with E-state index < -0.39 is 11.9 Å². The highest BCUT2D eigenvalue weighted by atomic mass is 16.5. The molecule has 5 nitrogen and oxygen atoms in total. The summed E-state index contributed by atoms with van der Waals surface area (Å²) in [4.78, 5) is 23.5. The van der Waals surface area contributed by atoms with E-state index in [0.717, 1.165) is 4.90 Å². The Morgan fingerprint density at radius 1 is 1.40 bits per heavy atom. The van der Waals surface area contributed by atoms with Gasteiger partial charge in [-0.05, 0) is 12.1 Å². The summed E-state index contributed by atoms with van der Waals surface area (Å²) in [5, 5.41) is 0. The number of benzene rings is 1. The summed E-state index contributed by atoms with van der Waals surface area (Å²) in [6, 6.07) is 5.94. The van der Waals surface area contributed by atoms with Crippen molar-refractivity contribution in [1.29, 1.82) is 0 Å². The molecule has 0 saturated carbocycles. The minimum absolute atomic E-state index is 0.139. The van der Waals surface area contributed by atoms with E-state index in [4.69, 9.17) is 10.5 Å². The third-order valence-corrected chi connectivity index (χ3v) is 2.04. The molecule has 1 radical (unpaired) electrons. The molecule has 1 aromatic carbocycles. The Morgan fingerprint density at radius 2 is 2.13 bits per heavy atom. The highest BCUT2D eigenvalue weighted by Gasteiger charge is 2.26. The van der Waals surface area contributed by atoms with Gasteiger partial charge in [-0.3, -0.25) is 4.79 Å². The quantitative estimate of drug-likeness (QED) is 0.677. The van der Waals surface area contributed by atoms with Crippen LogP contribution in [0.1, 0.15) is 0 Å². The fraction of sp³-hybridized carbons (Fsp3) is 0.100. The van der Waals surface area contributed by atoms with Gasteiger partial charge in [-0.2, -0.15) is 0 Å². The van der Waals surface area contributed by atoms with Crippen LogP contribution in [0.3, 0.4) is 0 Å². The molecular weight excluding hydrogens is 196 g/mol. The summed E-state index contributed by atoms with van der Waals surface area (Å²) in [6.07, 6.45) is 1.27. The van der Waals surface area contributed by atoms with Gasteiger partial charge < -0.3 is 10.5 Å². The molecule has 77 valence electrons. The van der Waals surface area contributed by atoms with Gasteiger partial charge in [0.05, 0.1) is 12.1 Å². The molecular formula is C10H9N2O3. The second kappa shape index (κ2) is 3.61. The maximum absolute atomic E-state index is 11.5. The van der Waals surface area contributed by atoms with Crippen LogP contribution in [0, 0.1) is 6.42 Å². The van der Waals surface area contributed by atoms with Crippen molar-refractivity contribution < 1.29 is 14.3 Å². The molecule has 0 bridgehead atoms. The predicted molar refractivity (Wildman–Crippen MR) is 53.3 cm³/mol. The van der Waals surface area contributed by atoms with Gasteiger partial charge in [0.25, 0.3) is 0 Å². The number of rotatable bonds is 0. The monoisotopic (exact) mass is 205 g/mol. The number of ether oxygens (including phenoxy) is 1. The molecule has 1 aliphatic heterocycles. The van der Waals surface area contributed by atoms with Gasteiger partial charge in [0.1, 0.15) is 12.4 Å². The maximum Gasteiger partial charge on any atom is 0.326 e. The lowest BCUT2D eigenvalue weighted by Gasteiger charge is -2.16. The number of nitrogens with two attached hydrogens (primary N) is 1. The first-order valence-electron chi connectivity index (χ1n) is 4.38. The van der Waals surface area contributed by atoms with Gasteiger partial charge in [-0.15, -0.1) is 0 Å². The number of fused-ring (bicyclic) bond motifs is 1. The van der Waals surface area contributed by atoms with Crippen molar-refractivity contribution in [2.24, 2.45) is 5.73 Å². The highest BCUT2D eigenvalue weighted by molar-refractivity contribution is 6.17. The van der Waals surface area contributed by atoms with Gasteiger partial charge in [-0.1, -0.05) is 12.1 Å². The molecule has 0 unspecified atom stereocenters. The van der Waals surface area contributed by atoms with Crippen LogP contribution < -0.4 is 15.4 Å². The Hall–Kier alpha value is -2.04. The van der Waals surface area contributed by atoms with Crippen LogP contribution in [-0.4, -0.2) is 18.5 Å². The zero-order valence-electron chi connectivity index (χ0n) is 7.84. The number of anilines is 1. The van der Waals surface area contributed by atoms with Crippen molar-refractivity contribution in [3.8, 4) is 5.75 Å². The lowest BCUT2D eigenvalue weighted by molar-refractivity contribution is -0.114. The van der Waals surface area contributed by atoms with E-state index in [1.165, 1.54) is 6.42 Å². The summed E-state index contributed by atoms with van der Waals surface area (Å²) < 4.78 is 5.27. The SMILES string of the molecule is NC(=O)N1C(=O)[CH]COc2ccccc21. The molecule has 0 spiro atoms. The molecule has 3 amide bonds. The van der Waals surface area contributed by atoms with Crippen LogP contribution >= 0.6 is 0 Å². The van der Waals surface area contributed by atoms with Gasteiger partial charge >= 0.3 is 6.03 Å². The number of carbonyl (C=O) groups excluding carboxylic acids is 2. The van der Waals surface area contributed by atoms with Crippen LogP contribution in [0.2, 0.25) is 0 Å². The van der Waals surface area contributed by atoms with E-state index in [9.17, 15) is 9.59 Å². The molecule has 2 N–H and O–H groups in total. The summed E-state index contributed by atoms with van der Waals surface area (Å²) in [6.45, 7) is 0.139. The number of hydrogen-bond acceptors (Lipinski definition) is 3. The third-order valence-electron chi connectivity index (χ3n) is 2.04. The highest BCUT2D eigenvalue weighted by Crippen LogP contribution is 2.30. The normalized spacial score (nSPS) is 15.2. The largest absolute Gasteiger partial charge is 0.491 e. The van der Waals surface area contributed by atoms with Gasteiger partial charge in [0.15, 0.2) is 0 Å². The van der Waals surface area contributed by atoms with Crippen LogP contribution in [0.15, 0.2) is 24.3 Å². The number of urea groups is 1. The molecule has 0 saturated heterocycles. The van der Waals surface area contributed by atoms with Crippen molar-refractivity contribution >= 4 is 17.6 Å². The molecule has 1 aromatic rings. The Morgan fingerprint density at radius 3 is 2.87 bits per heavy atom. The molecule has 0 atom stereocenters. The summed E-state index contributed by atoms with van der Waals surface area (Å²) in [5.74, 6) is 0.00542. The fourth-order valence-electron chi connectivity index (χ4n) is 1.40. The molecule has 0 aliphatic carbocycles.